The summed E-state index contributed by atoms with van der Waals surface area (Å²) in [6.45, 7) is 1.85. The predicted molar refractivity (Wildman–Crippen MR) is 110 cm³/mol. The molecule has 134 valence electrons. The van der Waals surface area contributed by atoms with E-state index < -0.39 is 0 Å². The first-order chi connectivity index (χ1) is 13.0. The molecule has 1 aromatic heterocycles. The van der Waals surface area contributed by atoms with Gasteiger partial charge in [-0.15, -0.1) is 0 Å². The van der Waals surface area contributed by atoms with Gasteiger partial charge in [0.05, 0.1) is 15.7 Å². The van der Waals surface area contributed by atoms with E-state index in [1.165, 1.54) is 0 Å². The fourth-order valence-electron chi connectivity index (χ4n) is 2.68. The van der Waals surface area contributed by atoms with E-state index in [4.69, 9.17) is 27.6 Å². The third-order valence-electron chi connectivity index (χ3n) is 4.16. The van der Waals surface area contributed by atoms with Crippen LogP contribution in [0.4, 0.5) is 5.69 Å². The second kappa shape index (κ2) is 7.06. The van der Waals surface area contributed by atoms with Gasteiger partial charge >= 0.3 is 0 Å². The number of benzene rings is 3. The highest BCUT2D eigenvalue weighted by atomic mass is 35.5. The molecule has 4 rings (SSSR count). The number of phenolic OH excluding ortho intramolecular Hbond substituents is 1. The normalized spacial score (nSPS) is 11.5. The summed E-state index contributed by atoms with van der Waals surface area (Å²) in [6.07, 6.45) is 1.63. The maximum absolute atomic E-state index is 10.1. The molecule has 0 saturated carbocycles. The Bertz CT molecular complexity index is 1180. The third-order valence-corrected chi connectivity index (χ3v) is 4.90. The number of aliphatic imine (C=N–C) groups is 1. The summed E-state index contributed by atoms with van der Waals surface area (Å²) in [7, 11) is 0. The van der Waals surface area contributed by atoms with Gasteiger partial charge in [-0.25, -0.2) is 4.98 Å². The van der Waals surface area contributed by atoms with Crippen molar-refractivity contribution in [2.24, 2.45) is 4.99 Å². The number of hydrogen-bond donors (Lipinski definition) is 1. The van der Waals surface area contributed by atoms with Crippen molar-refractivity contribution in [3.63, 3.8) is 0 Å². The summed E-state index contributed by atoms with van der Waals surface area (Å²) < 4.78 is 5.80. The van der Waals surface area contributed by atoms with Crippen molar-refractivity contribution in [1.29, 1.82) is 0 Å². The zero-order chi connectivity index (χ0) is 19.0. The molecule has 0 unspecified atom stereocenters. The van der Waals surface area contributed by atoms with Crippen LogP contribution >= 0.6 is 23.2 Å². The number of phenols is 1. The highest BCUT2D eigenvalue weighted by Crippen LogP contribution is 2.31. The monoisotopic (exact) mass is 396 g/mol. The Morgan fingerprint density at radius 2 is 1.89 bits per heavy atom. The van der Waals surface area contributed by atoms with Gasteiger partial charge < -0.3 is 9.52 Å². The van der Waals surface area contributed by atoms with Crippen LogP contribution in [0.1, 0.15) is 11.1 Å². The number of rotatable bonds is 3. The molecule has 0 bridgehead atoms. The van der Waals surface area contributed by atoms with Gasteiger partial charge in [-0.05, 0) is 55.0 Å². The molecule has 0 radical (unpaired) electrons. The minimum Gasteiger partial charge on any atom is -0.507 e. The highest BCUT2D eigenvalue weighted by Gasteiger charge is 2.10. The quantitative estimate of drug-likeness (QED) is 0.398. The van der Waals surface area contributed by atoms with Crippen molar-refractivity contribution >= 4 is 46.2 Å². The molecule has 0 spiro atoms. The van der Waals surface area contributed by atoms with E-state index in [1.807, 2.05) is 43.3 Å². The SMILES string of the molecule is Cc1cccc(C=Nc2ccc3oc(-c4ccc(Cl)c(Cl)c4)nc3c2)c1O. The summed E-state index contributed by atoms with van der Waals surface area (Å²) in [5.41, 5.74) is 4.24. The van der Waals surface area contributed by atoms with Gasteiger partial charge in [0.2, 0.25) is 5.89 Å². The maximum Gasteiger partial charge on any atom is 0.227 e. The van der Waals surface area contributed by atoms with Crippen LogP contribution in [0.25, 0.3) is 22.6 Å². The molecule has 0 aliphatic rings. The van der Waals surface area contributed by atoms with Gasteiger partial charge in [0.1, 0.15) is 11.3 Å². The lowest BCUT2D eigenvalue weighted by Gasteiger charge is -2.01. The van der Waals surface area contributed by atoms with E-state index >= 15 is 0 Å². The second-order valence-electron chi connectivity index (χ2n) is 6.07. The number of halogens is 2. The van der Waals surface area contributed by atoms with Crippen molar-refractivity contribution in [3.05, 3.63) is 75.8 Å². The highest BCUT2D eigenvalue weighted by molar-refractivity contribution is 6.42. The number of aromatic nitrogens is 1. The number of para-hydroxylation sites is 1. The molecule has 4 aromatic rings. The molecular formula is C21H14Cl2N2O2. The fourth-order valence-corrected chi connectivity index (χ4v) is 2.98. The summed E-state index contributed by atoms with van der Waals surface area (Å²) in [6, 6.07) is 16.2. The second-order valence-corrected chi connectivity index (χ2v) is 6.89. The number of oxazole rings is 1. The Hall–Kier alpha value is -2.82. The average Bonchev–Trinajstić information content (AvgIpc) is 3.08. The zero-order valence-electron chi connectivity index (χ0n) is 14.3. The lowest BCUT2D eigenvalue weighted by Crippen LogP contribution is -1.84. The molecule has 27 heavy (non-hydrogen) atoms. The summed E-state index contributed by atoms with van der Waals surface area (Å²) in [5, 5.41) is 11.0. The molecule has 0 aliphatic heterocycles. The molecule has 1 N–H and O–H groups in total. The van der Waals surface area contributed by atoms with Crippen LogP contribution in [0.15, 0.2) is 64.0 Å². The van der Waals surface area contributed by atoms with Crippen LogP contribution in [0, 0.1) is 6.92 Å². The van der Waals surface area contributed by atoms with E-state index in [9.17, 15) is 5.11 Å². The number of aromatic hydroxyl groups is 1. The van der Waals surface area contributed by atoms with Gasteiger partial charge in [-0.3, -0.25) is 4.99 Å². The van der Waals surface area contributed by atoms with E-state index in [0.29, 0.717) is 38.3 Å². The molecule has 0 aliphatic carbocycles. The first-order valence-electron chi connectivity index (χ1n) is 8.20. The maximum atomic E-state index is 10.1. The van der Waals surface area contributed by atoms with Crippen LogP contribution in [-0.4, -0.2) is 16.3 Å². The molecule has 6 heteroatoms. The van der Waals surface area contributed by atoms with Crippen LogP contribution in [0.3, 0.4) is 0 Å². The lowest BCUT2D eigenvalue weighted by atomic mass is 10.1. The molecule has 4 nitrogen and oxygen atoms in total. The van der Waals surface area contributed by atoms with Gasteiger partial charge in [-0.2, -0.15) is 0 Å². The average molecular weight is 397 g/mol. The van der Waals surface area contributed by atoms with E-state index in [0.717, 1.165) is 11.1 Å². The van der Waals surface area contributed by atoms with E-state index in [1.54, 1.807) is 24.4 Å². The van der Waals surface area contributed by atoms with Gasteiger partial charge in [0.25, 0.3) is 0 Å². The Balaban J connectivity index is 1.67. The molecule has 0 atom stereocenters. The van der Waals surface area contributed by atoms with Crippen LogP contribution in [0.5, 0.6) is 5.75 Å². The van der Waals surface area contributed by atoms with Crippen molar-refractivity contribution in [3.8, 4) is 17.2 Å². The van der Waals surface area contributed by atoms with Gasteiger partial charge in [-0.1, -0.05) is 35.3 Å². The number of nitrogens with zero attached hydrogens (tertiary/aromatic N) is 2. The van der Waals surface area contributed by atoms with Crippen LogP contribution in [-0.2, 0) is 0 Å². The largest absolute Gasteiger partial charge is 0.507 e. The van der Waals surface area contributed by atoms with Gasteiger partial charge in [0.15, 0.2) is 5.58 Å². The minimum atomic E-state index is 0.227. The summed E-state index contributed by atoms with van der Waals surface area (Å²) in [4.78, 5) is 8.94. The smallest absolute Gasteiger partial charge is 0.227 e. The molecular weight excluding hydrogens is 383 g/mol. The molecule has 1 heterocycles. The van der Waals surface area contributed by atoms with Gasteiger partial charge in [0, 0.05) is 17.3 Å². The van der Waals surface area contributed by atoms with E-state index in [-0.39, 0.29) is 5.75 Å². The Morgan fingerprint density at radius 3 is 2.70 bits per heavy atom. The topological polar surface area (TPSA) is 58.6 Å². The molecule has 0 fully saturated rings. The van der Waals surface area contributed by atoms with Crippen LogP contribution < -0.4 is 0 Å². The Labute approximate surface area is 165 Å². The third kappa shape index (κ3) is 3.54. The Morgan fingerprint density at radius 1 is 1.04 bits per heavy atom. The minimum absolute atomic E-state index is 0.227. The van der Waals surface area contributed by atoms with E-state index in [2.05, 4.69) is 9.98 Å². The first-order valence-corrected chi connectivity index (χ1v) is 8.95. The van der Waals surface area contributed by atoms with Crippen molar-refractivity contribution in [2.75, 3.05) is 0 Å². The number of fused-ring (bicyclic) bond motifs is 1. The van der Waals surface area contributed by atoms with Crippen molar-refractivity contribution < 1.29 is 9.52 Å². The molecule has 0 amide bonds. The predicted octanol–water partition coefficient (Wildman–Crippen LogP) is 6.57. The lowest BCUT2D eigenvalue weighted by molar-refractivity contribution is 0.470. The number of hydrogen-bond acceptors (Lipinski definition) is 4. The summed E-state index contributed by atoms with van der Waals surface area (Å²) >= 11 is 12.0. The standard InChI is InChI=1S/C21H14Cl2N2O2/c1-12-3-2-4-14(20(12)26)11-24-15-6-8-19-18(10-15)25-21(27-19)13-5-7-16(22)17(23)9-13/h2-11,26H,1H3. The van der Waals surface area contributed by atoms with Crippen LogP contribution in [0.2, 0.25) is 10.0 Å². The van der Waals surface area contributed by atoms with Crippen molar-refractivity contribution in [2.45, 2.75) is 6.92 Å². The first kappa shape index (κ1) is 17.6. The molecule has 0 saturated heterocycles. The fraction of sp³-hybridized carbons (Fsp3) is 0.0476. The summed E-state index contributed by atoms with van der Waals surface area (Å²) in [5.74, 6) is 0.687. The number of aryl methyl sites for hydroxylation is 1. The Kier molecular flexibility index (Phi) is 4.60. The van der Waals surface area contributed by atoms with Crippen molar-refractivity contribution in [1.82, 2.24) is 4.98 Å². The molecule has 3 aromatic carbocycles. The zero-order valence-corrected chi connectivity index (χ0v) is 15.8.